The monoisotopic (exact) mass is 299 g/mol. The summed E-state index contributed by atoms with van der Waals surface area (Å²) in [6.45, 7) is 0.808. The molecule has 0 aliphatic heterocycles. The fourth-order valence-electron chi connectivity index (χ4n) is 1.96. The second kappa shape index (κ2) is 6.45. The van der Waals surface area contributed by atoms with E-state index >= 15 is 0 Å². The Kier molecular flexibility index (Phi) is 4.21. The lowest BCUT2D eigenvalue weighted by atomic mass is 10.2. The molecule has 3 rings (SSSR count). The Bertz CT molecular complexity index is 695. The second-order valence-electron chi connectivity index (χ2n) is 4.58. The molecule has 0 saturated heterocycles. The molecule has 0 saturated carbocycles. The number of hydrogen-bond acceptors (Lipinski definition) is 4. The fourth-order valence-corrected chi connectivity index (χ4v) is 2.74. The molecule has 0 radical (unpaired) electrons. The number of nitrogens with zero attached hydrogens (tertiary/aromatic N) is 2. The molecule has 5 heteroatoms. The van der Waals surface area contributed by atoms with Gasteiger partial charge in [-0.25, -0.2) is 4.39 Å². The molecule has 106 valence electrons. The van der Waals surface area contributed by atoms with E-state index in [9.17, 15) is 4.39 Å². The summed E-state index contributed by atoms with van der Waals surface area (Å²) >= 11 is 1.47. The maximum Gasteiger partial charge on any atom is 0.206 e. The van der Waals surface area contributed by atoms with Crippen molar-refractivity contribution < 1.29 is 4.39 Å². The van der Waals surface area contributed by atoms with Crippen LogP contribution in [-0.4, -0.2) is 16.7 Å². The first kappa shape index (κ1) is 13.7. The van der Waals surface area contributed by atoms with E-state index in [1.54, 1.807) is 12.1 Å². The normalized spacial score (nSPS) is 10.5. The molecule has 3 nitrogen and oxygen atoms in total. The van der Waals surface area contributed by atoms with Gasteiger partial charge in [0.1, 0.15) is 10.8 Å². The largest absolute Gasteiger partial charge is 0.360 e. The van der Waals surface area contributed by atoms with Crippen molar-refractivity contribution in [3.8, 4) is 10.6 Å². The molecule has 21 heavy (non-hydrogen) atoms. The molecule has 2 aromatic carbocycles. The third-order valence-corrected chi connectivity index (χ3v) is 3.98. The molecular formula is C16H14FN3S. The third kappa shape index (κ3) is 3.64. The minimum absolute atomic E-state index is 0.246. The van der Waals surface area contributed by atoms with E-state index in [2.05, 4.69) is 27.6 Å². The molecule has 0 spiro atoms. The van der Waals surface area contributed by atoms with E-state index in [1.165, 1.54) is 29.0 Å². The zero-order valence-corrected chi connectivity index (χ0v) is 12.1. The molecule has 3 aromatic rings. The van der Waals surface area contributed by atoms with Crippen molar-refractivity contribution >= 4 is 16.5 Å². The van der Waals surface area contributed by atoms with Crippen molar-refractivity contribution in [1.29, 1.82) is 0 Å². The van der Waals surface area contributed by atoms with E-state index < -0.39 is 0 Å². The van der Waals surface area contributed by atoms with Gasteiger partial charge in [0.05, 0.1) is 0 Å². The van der Waals surface area contributed by atoms with Crippen LogP contribution in [0.2, 0.25) is 0 Å². The van der Waals surface area contributed by atoms with Crippen LogP contribution in [0.15, 0.2) is 54.6 Å². The van der Waals surface area contributed by atoms with Gasteiger partial charge in [0.2, 0.25) is 5.13 Å². The number of nitrogens with one attached hydrogen (secondary N) is 1. The third-order valence-electron chi connectivity index (χ3n) is 3.05. The van der Waals surface area contributed by atoms with Gasteiger partial charge < -0.3 is 5.32 Å². The molecule has 0 amide bonds. The van der Waals surface area contributed by atoms with Crippen LogP contribution in [-0.2, 0) is 6.42 Å². The molecular weight excluding hydrogens is 285 g/mol. The zero-order chi connectivity index (χ0) is 14.5. The van der Waals surface area contributed by atoms with Crippen molar-refractivity contribution in [1.82, 2.24) is 10.2 Å². The standard InChI is InChI=1S/C16H14FN3S/c17-14-8-6-13(7-9-14)15-19-20-16(21-15)18-11-10-12-4-2-1-3-5-12/h1-9H,10-11H2,(H,18,20). The van der Waals surface area contributed by atoms with Crippen LogP contribution in [0.25, 0.3) is 10.6 Å². The Morgan fingerprint density at radius 2 is 1.71 bits per heavy atom. The average Bonchev–Trinajstić information content (AvgIpc) is 2.98. The molecule has 1 N–H and O–H groups in total. The Labute approximate surface area is 126 Å². The first-order valence-electron chi connectivity index (χ1n) is 6.68. The van der Waals surface area contributed by atoms with Crippen LogP contribution in [0.3, 0.4) is 0 Å². The summed E-state index contributed by atoms with van der Waals surface area (Å²) in [5.74, 6) is -0.246. The highest BCUT2D eigenvalue weighted by Gasteiger charge is 2.06. The van der Waals surface area contributed by atoms with Crippen molar-refractivity contribution in [2.45, 2.75) is 6.42 Å². The number of anilines is 1. The Hall–Kier alpha value is -2.27. The number of benzene rings is 2. The summed E-state index contributed by atoms with van der Waals surface area (Å²) in [4.78, 5) is 0. The Balaban J connectivity index is 1.59. The first-order chi connectivity index (χ1) is 10.3. The molecule has 0 bridgehead atoms. The highest BCUT2D eigenvalue weighted by Crippen LogP contribution is 2.26. The summed E-state index contributed by atoms with van der Waals surface area (Å²) in [6.07, 6.45) is 0.937. The number of hydrogen-bond donors (Lipinski definition) is 1. The van der Waals surface area contributed by atoms with Gasteiger partial charge in [0, 0.05) is 12.1 Å². The highest BCUT2D eigenvalue weighted by molar-refractivity contribution is 7.18. The van der Waals surface area contributed by atoms with Crippen molar-refractivity contribution in [3.63, 3.8) is 0 Å². The van der Waals surface area contributed by atoms with Gasteiger partial charge >= 0.3 is 0 Å². The highest BCUT2D eigenvalue weighted by atomic mass is 32.1. The first-order valence-corrected chi connectivity index (χ1v) is 7.50. The van der Waals surface area contributed by atoms with Gasteiger partial charge in [0.15, 0.2) is 0 Å². The van der Waals surface area contributed by atoms with Crippen LogP contribution in [0.4, 0.5) is 9.52 Å². The van der Waals surface area contributed by atoms with E-state index in [4.69, 9.17) is 0 Å². The van der Waals surface area contributed by atoms with Crippen LogP contribution < -0.4 is 5.32 Å². The zero-order valence-electron chi connectivity index (χ0n) is 11.3. The van der Waals surface area contributed by atoms with Gasteiger partial charge in [-0.1, -0.05) is 41.7 Å². The van der Waals surface area contributed by atoms with E-state index in [0.717, 1.165) is 28.7 Å². The predicted molar refractivity (Wildman–Crippen MR) is 83.9 cm³/mol. The van der Waals surface area contributed by atoms with Crippen LogP contribution in [0.1, 0.15) is 5.56 Å². The maximum atomic E-state index is 12.9. The van der Waals surface area contributed by atoms with Crippen molar-refractivity contribution in [2.24, 2.45) is 0 Å². The summed E-state index contributed by atoms with van der Waals surface area (Å²) in [7, 11) is 0. The van der Waals surface area contributed by atoms with Crippen LogP contribution in [0, 0.1) is 5.82 Å². The predicted octanol–water partition coefficient (Wildman–Crippen LogP) is 4.00. The lowest BCUT2D eigenvalue weighted by Crippen LogP contribution is -2.04. The minimum atomic E-state index is -0.246. The van der Waals surface area contributed by atoms with Gasteiger partial charge in [0.25, 0.3) is 0 Å². The topological polar surface area (TPSA) is 37.8 Å². The Morgan fingerprint density at radius 3 is 2.48 bits per heavy atom. The van der Waals surface area contributed by atoms with Gasteiger partial charge in [-0.3, -0.25) is 0 Å². The number of aromatic nitrogens is 2. The minimum Gasteiger partial charge on any atom is -0.360 e. The van der Waals surface area contributed by atoms with E-state index in [-0.39, 0.29) is 5.82 Å². The summed E-state index contributed by atoms with van der Waals surface area (Å²) in [5, 5.41) is 13.1. The SMILES string of the molecule is Fc1ccc(-c2nnc(NCCc3ccccc3)s2)cc1. The van der Waals surface area contributed by atoms with E-state index in [1.807, 2.05) is 18.2 Å². The van der Waals surface area contributed by atoms with Crippen molar-refractivity contribution in [2.75, 3.05) is 11.9 Å². The molecule has 1 aromatic heterocycles. The molecule has 0 aliphatic carbocycles. The summed E-state index contributed by atoms with van der Waals surface area (Å²) in [5.41, 5.74) is 2.17. The van der Waals surface area contributed by atoms with E-state index in [0.29, 0.717) is 0 Å². The summed E-state index contributed by atoms with van der Waals surface area (Å²) < 4.78 is 12.9. The van der Waals surface area contributed by atoms with Crippen LogP contribution >= 0.6 is 11.3 Å². The number of halogens is 1. The molecule has 0 fully saturated rings. The molecule has 0 aliphatic rings. The maximum absolute atomic E-state index is 12.9. The number of rotatable bonds is 5. The Morgan fingerprint density at radius 1 is 0.952 bits per heavy atom. The fraction of sp³-hybridized carbons (Fsp3) is 0.125. The molecule has 0 atom stereocenters. The lowest BCUT2D eigenvalue weighted by Gasteiger charge is -2.01. The molecule has 0 unspecified atom stereocenters. The quantitative estimate of drug-likeness (QED) is 0.774. The second-order valence-corrected chi connectivity index (χ2v) is 5.56. The van der Waals surface area contributed by atoms with Gasteiger partial charge in [-0.05, 0) is 36.2 Å². The van der Waals surface area contributed by atoms with Gasteiger partial charge in [-0.2, -0.15) is 0 Å². The van der Waals surface area contributed by atoms with Crippen LogP contribution in [0.5, 0.6) is 0 Å². The van der Waals surface area contributed by atoms with Gasteiger partial charge in [-0.15, -0.1) is 10.2 Å². The lowest BCUT2D eigenvalue weighted by molar-refractivity contribution is 0.628. The van der Waals surface area contributed by atoms with Crippen molar-refractivity contribution in [3.05, 3.63) is 66.0 Å². The average molecular weight is 299 g/mol. The smallest absolute Gasteiger partial charge is 0.206 e. The molecule has 1 heterocycles. The summed E-state index contributed by atoms with van der Waals surface area (Å²) in [6, 6.07) is 16.6.